The zero-order valence-electron chi connectivity index (χ0n) is 11.4. The first-order valence-electron chi connectivity index (χ1n) is 6.24. The van der Waals surface area contributed by atoms with E-state index in [-0.39, 0.29) is 6.04 Å². The highest BCUT2D eigenvalue weighted by atomic mass is 79.9. The maximum absolute atomic E-state index is 12.6. The summed E-state index contributed by atoms with van der Waals surface area (Å²) in [7, 11) is 0.609. The first-order valence-corrected chi connectivity index (χ1v) is 8.48. The van der Waals surface area contributed by atoms with Gasteiger partial charge in [-0.25, -0.2) is 8.42 Å². The molecule has 1 fully saturated rings. The lowest BCUT2D eigenvalue weighted by Gasteiger charge is -2.22. The van der Waals surface area contributed by atoms with E-state index in [9.17, 15) is 8.42 Å². The van der Waals surface area contributed by atoms with Gasteiger partial charge in [0.25, 0.3) is 0 Å². The van der Waals surface area contributed by atoms with Crippen LogP contribution in [0, 0.1) is 5.92 Å². The molecule has 1 aromatic rings. The number of benzene rings is 1. The van der Waals surface area contributed by atoms with E-state index < -0.39 is 10.0 Å². The normalized spacial score (nSPS) is 25.1. The maximum Gasteiger partial charge on any atom is 0.243 e. The molecule has 0 aliphatic carbocycles. The predicted octanol–water partition coefficient (Wildman–Crippen LogP) is 2.02. The van der Waals surface area contributed by atoms with Crippen molar-refractivity contribution in [3.63, 3.8) is 0 Å². The highest BCUT2D eigenvalue weighted by Gasteiger charge is 2.38. The van der Waals surface area contributed by atoms with Gasteiger partial charge in [0.15, 0.2) is 0 Å². The average Bonchev–Trinajstić information content (AvgIpc) is 2.72. The Balaban J connectivity index is 2.27. The van der Waals surface area contributed by atoms with Crippen molar-refractivity contribution in [1.82, 2.24) is 9.21 Å². The van der Waals surface area contributed by atoms with Crippen molar-refractivity contribution in [3.8, 4) is 0 Å². The van der Waals surface area contributed by atoms with Gasteiger partial charge in [-0.2, -0.15) is 4.31 Å². The second-order valence-electron chi connectivity index (χ2n) is 5.29. The molecule has 0 bridgehead atoms. The zero-order valence-corrected chi connectivity index (χ0v) is 13.8. The summed E-state index contributed by atoms with van der Waals surface area (Å²) in [6.45, 7) is 3.24. The van der Waals surface area contributed by atoms with Crippen LogP contribution in [-0.4, -0.2) is 50.8 Å². The van der Waals surface area contributed by atoms with E-state index in [0.717, 1.165) is 4.47 Å². The van der Waals surface area contributed by atoms with Gasteiger partial charge in [0.1, 0.15) is 0 Å². The fraction of sp³-hybridized carbons (Fsp3) is 0.538. The monoisotopic (exact) mass is 346 g/mol. The lowest BCUT2D eigenvalue weighted by Crippen LogP contribution is -2.35. The van der Waals surface area contributed by atoms with Crippen molar-refractivity contribution < 1.29 is 8.42 Å². The first-order chi connectivity index (χ1) is 8.82. The van der Waals surface area contributed by atoms with Crippen LogP contribution >= 0.6 is 15.9 Å². The molecule has 0 N–H and O–H groups in total. The van der Waals surface area contributed by atoms with Crippen LogP contribution in [0.15, 0.2) is 33.6 Å². The van der Waals surface area contributed by atoms with Crippen LogP contribution in [0.3, 0.4) is 0 Å². The van der Waals surface area contributed by atoms with Crippen LogP contribution in [0.4, 0.5) is 0 Å². The van der Waals surface area contributed by atoms with E-state index in [0.29, 0.717) is 23.9 Å². The van der Waals surface area contributed by atoms with Crippen molar-refractivity contribution in [3.05, 3.63) is 28.7 Å². The smallest absolute Gasteiger partial charge is 0.243 e. The highest BCUT2D eigenvalue weighted by Crippen LogP contribution is 2.27. The molecule has 2 rings (SSSR count). The SMILES string of the molecule is CC1CN(S(=O)(=O)c2cccc(Br)c2)CC1N(C)C. The fourth-order valence-electron chi connectivity index (χ4n) is 2.55. The average molecular weight is 347 g/mol. The summed E-state index contributed by atoms with van der Waals surface area (Å²) in [6, 6.07) is 7.16. The second-order valence-corrected chi connectivity index (χ2v) is 8.14. The third-order valence-electron chi connectivity index (χ3n) is 3.64. The van der Waals surface area contributed by atoms with E-state index >= 15 is 0 Å². The molecule has 1 aromatic carbocycles. The Kier molecular flexibility index (Phi) is 4.35. The molecule has 0 saturated carbocycles. The molecule has 106 valence electrons. The van der Waals surface area contributed by atoms with E-state index in [4.69, 9.17) is 0 Å². The minimum Gasteiger partial charge on any atom is -0.305 e. The highest BCUT2D eigenvalue weighted by molar-refractivity contribution is 9.10. The number of halogens is 1. The zero-order chi connectivity index (χ0) is 14.2. The van der Waals surface area contributed by atoms with Crippen molar-refractivity contribution in [2.75, 3.05) is 27.2 Å². The Labute approximate surface area is 123 Å². The lowest BCUT2D eigenvalue weighted by molar-refractivity contribution is 0.263. The molecule has 1 aliphatic heterocycles. The molecule has 0 amide bonds. The van der Waals surface area contributed by atoms with Gasteiger partial charge in [0, 0.05) is 23.6 Å². The van der Waals surface area contributed by atoms with E-state index in [2.05, 4.69) is 27.8 Å². The minimum atomic E-state index is -3.38. The number of nitrogens with zero attached hydrogens (tertiary/aromatic N) is 2. The number of hydrogen-bond acceptors (Lipinski definition) is 3. The van der Waals surface area contributed by atoms with Gasteiger partial charge >= 0.3 is 0 Å². The Bertz CT molecular complexity index is 560. The number of hydrogen-bond donors (Lipinski definition) is 0. The Morgan fingerprint density at radius 1 is 1.32 bits per heavy atom. The van der Waals surface area contributed by atoms with Crippen LogP contribution in [0.25, 0.3) is 0 Å². The molecule has 1 saturated heterocycles. The van der Waals surface area contributed by atoms with Crippen molar-refractivity contribution >= 4 is 26.0 Å². The quantitative estimate of drug-likeness (QED) is 0.840. The topological polar surface area (TPSA) is 40.6 Å². The van der Waals surface area contributed by atoms with Gasteiger partial charge < -0.3 is 4.90 Å². The number of likely N-dealkylation sites (N-methyl/N-ethyl adjacent to an activating group) is 1. The maximum atomic E-state index is 12.6. The van der Waals surface area contributed by atoms with Gasteiger partial charge in [0.05, 0.1) is 4.90 Å². The molecule has 0 radical (unpaired) electrons. The van der Waals surface area contributed by atoms with Gasteiger partial charge in [-0.3, -0.25) is 0 Å². The minimum absolute atomic E-state index is 0.280. The molecule has 1 heterocycles. The standard InChI is InChI=1S/C13H19BrN2O2S/c1-10-8-16(9-13(10)15(2)3)19(17,18)12-6-4-5-11(14)7-12/h4-7,10,13H,8-9H2,1-3H3. The second kappa shape index (κ2) is 5.52. The van der Waals surface area contributed by atoms with Crippen LogP contribution in [0.2, 0.25) is 0 Å². The molecule has 0 spiro atoms. The van der Waals surface area contributed by atoms with Crippen LogP contribution in [-0.2, 0) is 10.0 Å². The van der Waals surface area contributed by atoms with Crippen molar-refractivity contribution in [2.24, 2.45) is 5.92 Å². The molecule has 4 nitrogen and oxygen atoms in total. The van der Waals surface area contributed by atoms with E-state index in [1.807, 2.05) is 20.2 Å². The molecular formula is C13H19BrN2O2S. The molecule has 0 aromatic heterocycles. The van der Waals surface area contributed by atoms with Gasteiger partial charge in [-0.05, 0) is 38.2 Å². The summed E-state index contributed by atoms with van der Waals surface area (Å²) in [5.41, 5.74) is 0. The molecule has 2 unspecified atom stereocenters. The Morgan fingerprint density at radius 3 is 2.53 bits per heavy atom. The van der Waals surface area contributed by atoms with E-state index in [1.165, 1.54) is 0 Å². The lowest BCUT2D eigenvalue weighted by atomic mass is 10.1. The predicted molar refractivity (Wildman–Crippen MR) is 79.5 cm³/mol. The molecule has 6 heteroatoms. The number of rotatable bonds is 3. The third-order valence-corrected chi connectivity index (χ3v) is 5.96. The first kappa shape index (κ1) is 15.0. The summed E-state index contributed by atoms with van der Waals surface area (Å²) >= 11 is 3.32. The van der Waals surface area contributed by atoms with Gasteiger partial charge in [-0.15, -0.1) is 0 Å². The largest absolute Gasteiger partial charge is 0.305 e. The summed E-state index contributed by atoms with van der Waals surface area (Å²) in [4.78, 5) is 2.45. The van der Waals surface area contributed by atoms with Crippen molar-refractivity contribution in [2.45, 2.75) is 17.9 Å². The Hall–Kier alpha value is -0.430. The van der Waals surface area contributed by atoms with Crippen LogP contribution in [0.5, 0.6) is 0 Å². The third kappa shape index (κ3) is 3.02. The Morgan fingerprint density at radius 2 is 2.00 bits per heavy atom. The van der Waals surface area contributed by atoms with E-state index in [1.54, 1.807) is 22.5 Å². The van der Waals surface area contributed by atoms with Gasteiger partial charge in [0.2, 0.25) is 10.0 Å². The van der Waals surface area contributed by atoms with Crippen LogP contribution < -0.4 is 0 Å². The fourth-order valence-corrected chi connectivity index (χ4v) is 4.71. The number of sulfonamides is 1. The van der Waals surface area contributed by atoms with Crippen LogP contribution in [0.1, 0.15) is 6.92 Å². The molecule has 1 aliphatic rings. The summed E-state index contributed by atoms with van der Waals surface area (Å²) in [6.07, 6.45) is 0. The molecular weight excluding hydrogens is 328 g/mol. The summed E-state index contributed by atoms with van der Waals surface area (Å²) in [5.74, 6) is 0.344. The van der Waals surface area contributed by atoms with Gasteiger partial charge in [-0.1, -0.05) is 28.9 Å². The van der Waals surface area contributed by atoms with Crippen molar-refractivity contribution in [1.29, 1.82) is 0 Å². The summed E-state index contributed by atoms with van der Waals surface area (Å²) in [5, 5.41) is 0. The molecule has 19 heavy (non-hydrogen) atoms. The molecule has 2 atom stereocenters. The summed E-state index contributed by atoms with van der Waals surface area (Å²) < 4.78 is 27.5.